The fraction of sp³-hybridized carbons (Fsp3) is 0.273. The van der Waals surface area contributed by atoms with Crippen LogP contribution in [0.25, 0.3) is 0 Å². The zero-order valence-corrected chi connectivity index (χ0v) is 9.98. The Kier molecular flexibility index (Phi) is 4.62. The summed E-state index contributed by atoms with van der Waals surface area (Å²) in [6.07, 6.45) is -4.90. The van der Waals surface area contributed by atoms with E-state index >= 15 is 0 Å². The van der Waals surface area contributed by atoms with E-state index in [-0.39, 0.29) is 11.4 Å². The van der Waals surface area contributed by atoms with Crippen LogP contribution >= 0.6 is 12.6 Å². The molecular formula is C11H9F3N2OS. The third kappa shape index (κ3) is 3.67. The maximum Gasteiger partial charge on any atom is 0.416 e. The van der Waals surface area contributed by atoms with Gasteiger partial charge in [0.25, 0.3) is 0 Å². The summed E-state index contributed by atoms with van der Waals surface area (Å²) in [5.41, 5.74) is -0.377. The van der Waals surface area contributed by atoms with Crippen molar-refractivity contribution in [3.63, 3.8) is 0 Å². The molecule has 3 nitrogen and oxygen atoms in total. The van der Waals surface area contributed by atoms with E-state index in [1.165, 1.54) is 6.07 Å². The number of hydrogen-bond donors (Lipinski definition) is 2. The van der Waals surface area contributed by atoms with E-state index < -0.39 is 24.1 Å². The molecule has 0 radical (unpaired) electrons. The Morgan fingerprint density at radius 1 is 1.44 bits per heavy atom. The normalized spacial score (nSPS) is 10.8. The number of nitriles is 1. The molecule has 0 aliphatic carbocycles. The van der Waals surface area contributed by atoms with Crippen molar-refractivity contribution in [3.8, 4) is 6.07 Å². The van der Waals surface area contributed by atoms with Gasteiger partial charge >= 0.3 is 6.18 Å². The van der Waals surface area contributed by atoms with Crippen LogP contribution in [0.3, 0.4) is 0 Å². The minimum Gasteiger partial charge on any atom is -0.325 e. The monoisotopic (exact) mass is 274 g/mol. The van der Waals surface area contributed by atoms with Crippen molar-refractivity contribution >= 4 is 24.2 Å². The summed E-state index contributed by atoms with van der Waals surface area (Å²) in [6.45, 7) is 0. The van der Waals surface area contributed by atoms with Gasteiger partial charge in [-0.25, -0.2) is 0 Å². The lowest BCUT2D eigenvalue weighted by Crippen LogP contribution is -2.13. The molecule has 1 rings (SSSR count). The van der Waals surface area contributed by atoms with Crippen LogP contribution in [0.15, 0.2) is 18.2 Å². The first-order chi connectivity index (χ1) is 8.38. The van der Waals surface area contributed by atoms with Gasteiger partial charge in [-0.05, 0) is 17.7 Å². The van der Waals surface area contributed by atoms with Crippen molar-refractivity contribution in [2.45, 2.75) is 18.3 Å². The number of nitrogens with zero attached hydrogens (tertiary/aromatic N) is 1. The van der Waals surface area contributed by atoms with Crippen LogP contribution in [0.2, 0.25) is 0 Å². The molecule has 0 spiro atoms. The van der Waals surface area contributed by atoms with Crippen LogP contribution in [0, 0.1) is 11.3 Å². The number of nitrogens with one attached hydrogen (secondary N) is 1. The van der Waals surface area contributed by atoms with Crippen LogP contribution in [0.4, 0.5) is 18.9 Å². The molecule has 0 aliphatic rings. The third-order valence-electron chi connectivity index (χ3n) is 2.12. The lowest BCUT2D eigenvalue weighted by Gasteiger charge is -2.12. The number of carbonyl (C=O) groups excluding carboxylic acids is 1. The molecule has 0 aromatic heterocycles. The van der Waals surface area contributed by atoms with Gasteiger partial charge in [0.15, 0.2) is 0 Å². The SMILES string of the molecule is N#CCC(=O)Nc1cc(C(F)(F)F)ccc1CS. The summed E-state index contributed by atoms with van der Waals surface area (Å²) < 4.78 is 37.5. The molecule has 1 aromatic carbocycles. The first-order valence-corrected chi connectivity index (χ1v) is 5.49. The van der Waals surface area contributed by atoms with Crippen molar-refractivity contribution < 1.29 is 18.0 Å². The van der Waals surface area contributed by atoms with E-state index in [9.17, 15) is 18.0 Å². The van der Waals surface area contributed by atoms with Crippen molar-refractivity contribution in [1.82, 2.24) is 0 Å². The summed E-state index contributed by atoms with van der Waals surface area (Å²) in [6, 6.07) is 4.62. The van der Waals surface area contributed by atoms with E-state index in [1.807, 2.05) is 0 Å². The Hall–Kier alpha value is -1.68. The predicted molar refractivity (Wildman–Crippen MR) is 63.0 cm³/mol. The highest BCUT2D eigenvalue weighted by Crippen LogP contribution is 2.32. The molecule has 18 heavy (non-hydrogen) atoms. The molecule has 0 fully saturated rings. The fourth-order valence-electron chi connectivity index (χ4n) is 1.27. The molecule has 0 heterocycles. The number of thiol groups is 1. The fourth-order valence-corrected chi connectivity index (χ4v) is 1.55. The number of benzene rings is 1. The van der Waals surface area contributed by atoms with E-state index in [0.29, 0.717) is 5.56 Å². The lowest BCUT2D eigenvalue weighted by atomic mass is 10.1. The Morgan fingerprint density at radius 3 is 2.61 bits per heavy atom. The first-order valence-electron chi connectivity index (χ1n) is 4.86. The standard InChI is InChI=1S/C11H9F3N2OS/c12-11(13,14)8-2-1-7(6-18)9(5-8)16-10(17)3-4-15/h1-2,5,18H,3,6H2,(H,16,17). The summed E-state index contributed by atoms with van der Waals surface area (Å²) >= 11 is 3.96. The molecule has 0 aliphatic heterocycles. The molecule has 0 atom stereocenters. The van der Waals surface area contributed by atoms with E-state index in [4.69, 9.17) is 5.26 Å². The summed E-state index contributed by atoms with van der Waals surface area (Å²) in [5.74, 6) is -0.472. The lowest BCUT2D eigenvalue weighted by molar-refractivity contribution is -0.137. The minimum atomic E-state index is -4.48. The number of halogens is 3. The number of anilines is 1. The Morgan fingerprint density at radius 2 is 2.11 bits per heavy atom. The largest absolute Gasteiger partial charge is 0.416 e. The van der Waals surface area contributed by atoms with Crippen LogP contribution in [-0.4, -0.2) is 5.91 Å². The number of alkyl halides is 3. The van der Waals surface area contributed by atoms with Crippen LogP contribution < -0.4 is 5.32 Å². The molecule has 1 amide bonds. The zero-order chi connectivity index (χ0) is 13.8. The highest BCUT2D eigenvalue weighted by atomic mass is 32.1. The summed E-state index contributed by atoms with van der Waals surface area (Å²) in [5, 5.41) is 10.6. The number of hydrogen-bond acceptors (Lipinski definition) is 3. The Balaban J connectivity index is 3.07. The van der Waals surface area contributed by atoms with Gasteiger partial charge in [0, 0.05) is 11.4 Å². The van der Waals surface area contributed by atoms with Crippen LogP contribution in [0.5, 0.6) is 0 Å². The molecule has 1 N–H and O–H groups in total. The summed E-state index contributed by atoms with van der Waals surface area (Å²) in [4.78, 5) is 11.2. The molecule has 0 saturated carbocycles. The smallest absolute Gasteiger partial charge is 0.325 e. The highest BCUT2D eigenvalue weighted by molar-refractivity contribution is 7.79. The molecule has 1 aromatic rings. The van der Waals surface area contributed by atoms with Crippen LogP contribution in [0.1, 0.15) is 17.5 Å². The van der Waals surface area contributed by atoms with E-state index in [0.717, 1.165) is 12.1 Å². The maximum absolute atomic E-state index is 12.5. The van der Waals surface area contributed by atoms with Gasteiger partial charge in [-0.15, -0.1) is 0 Å². The quantitative estimate of drug-likeness (QED) is 0.832. The predicted octanol–water partition coefficient (Wildman–Crippen LogP) is 2.99. The van der Waals surface area contributed by atoms with Crippen molar-refractivity contribution in [2.24, 2.45) is 0 Å². The Labute approximate surface area is 107 Å². The first kappa shape index (κ1) is 14.4. The minimum absolute atomic E-state index is 0.0278. The number of carbonyl (C=O) groups is 1. The molecule has 96 valence electrons. The highest BCUT2D eigenvalue weighted by Gasteiger charge is 2.31. The van der Waals surface area contributed by atoms with Gasteiger partial charge in [0.05, 0.1) is 11.6 Å². The Bertz CT molecular complexity index is 494. The number of amides is 1. The number of rotatable bonds is 3. The van der Waals surface area contributed by atoms with Gasteiger partial charge in [-0.3, -0.25) is 4.79 Å². The van der Waals surface area contributed by atoms with Crippen LogP contribution in [-0.2, 0) is 16.7 Å². The molecule has 0 bridgehead atoms. The second-order valence-electron chi connectivity index (χ2n) is 3.41. The molecule has 0 unspecified atom stereocenters. The second kappa shape index (κ2) is 5.78. The van der Waals surface area contributed by atoms with Gasteiger partial charge < -0.3 is 5.32 Å². The molecule has 0 saturated heterocycles. The van der Waals surface area contributed by atoms with E-state index in [2.05, 4.69) is 17.9 Å². The average molecular weight is 274 g/mol. The van der Waals surface area contributed by atoms with Gasteiger partial charge in [0.1, 0.15) is 6.42 Å². The molecule has 7 heteroatoms. The zero-order valence-electron chi connectivity index (χ0n) is 9.08. The van der Waals surface area contributed by atoms with E-state index in [1.54, 1.807) is 6.07 Å². The van der Waals surface area contributed by atoms with Gasteiger partial charge in [-0.2, -0.15) is 31.1 Å². The summed E-state index contributed by atoms with van der Waals surface area (Å²) in [7, 11) is 0. The van der Waals surface area contributed by atoms with Crippen molar-refractivity contribution in [1.29, 1.82) is 5.26 Å². The third-order valence-corrected chi connectivity index (χ3v) is 2.46. The second-order valence-corrected chi connectivity index (χ2v) is 3.73. The maximum atomic E-state index is 12.5. The van der Waals surface area contributed by atoms with Gasteiger partial charge in [-0.1, -0.05) is 6.07 Å². The average Bonchev–Trinajstić information content (AvgIpc) is 2.28. The van der Waals surface area contributed by atoms with Crippen molar-refractivity contribution in [2.75, 3.05) is 5.32 Å². The van der Waals surface area contributed by atoms with Crippen molar-refractivity contribution in [3.05, 3.63) is 29.3 Å². The topological polar surface area (TPSA) is 52.9 Å². The molecular weight excluding hydrogens is 265 g/mol. The van der Waals surface area contributed by atoms with Gasteiger partial charge in [0.2, 0.25) is 5.91 Å².